The molecular formula is C24H23FN4O2S. The number of aromatic nitrogens is 2. The Morgan fingerprint density at radius 3 is 2.72 bits per heavy atom. The fraction of sp³-hybridized carbons (Fsp3) is 0.292. The van der Waals surface area contributed by atoms with E-state index in [-0.39, 0.29) is 30.1 Å². The molecule has 5 rings (SSSR count). The van der Waals surface area contributed by atoms with Crippen LogP contribution < -0.4 is 0 Å². The number of piperidine rings is 1. The topological polar surface area (TPSA) is 69.3 Å². The minimum absolute atomic E-state index is 0.0443. The van der Waals surface area contributed by atoms with Crippen molar-refractivity contribution in [2.24, 2.45) is 0 Å². The number of likely N-dealkylation sites (tertiary alicyclic amines) is 1. The molecule has 1 N–H and O–H groups in total. The smallest absolute Gasteiger partial charge is 0.242 e. The number of hydrogen-bond donors (Lipinski definition) is 1. The molecule has 32 heavy (non-hydrogen) atoms. The number of carbonyl (C=O) groups is 2. The molecule has 1 saturated heterocycles. The first kappa shape index (κ1) is 20.8. The molecule has 0 unspecified atom stereocenters. The molecule has 0 atom stereocenters. The molecule has 0 radical (unpaired) electrons. The summed E-state index contributed by atoms with van der Waals surface area (Å²) in [5.41, 5.74) is 3.16. The van der Waals surface area contributed by atoms with Crippen LogP contribution >= 0.6 is 11.8 Å². The summed E-state index contributed by atoms with van der Waals surface area (Å²) in [6.45, 7) is 1.26. The van der Waals surface area contributed by atoms with Gasteiger partial charge in [0.1, 0.15) is 18.2 Å². The number of hydrogen-bond acceptors (Lipinski definition) is 4. The zero-order chi connectivity index (χ0) is 22.1. The number of rotatable bonds is 4. The van der Waals surface area contributed by atoms with Gasteiger partial charge >= 0.3 is 0 Å². The van der Waals surface area contributed by atoms with E-state index >= 15 is 0 Å². The maximum absolute atomic E-state index is 13.5. The van der Waals surface area contributed by atoms with Crippen LogP contribution in [0.1, 0.15) is 30.1 Å². The summed E-state index contributed by atoms with van der Waals surface area (Å²) in [6.07, 6.45) is 1.55. The molecular weight excluding hydrogens is 427 g/mol. The van der Waals surface area contributed by atoms with E-state index in [1.807, 2.05) is 40.6 Å². The lowest BCUT2D eigenvalue weighted by Crippen LogP contribution is -2.46. The van der Waals surface area contributed by atoms with Crippen molar-refractivity contribution in [2.45, 2.75) is 18.8 Å². The zero-order valence-corrected chi connectivity index (χ0v) is 18.3. The van der Waals surface area contributed by atoms with E-state index in [1.54, 1.807) is 11.0 Å². The Morgan fingerprint density at radius 2 is 1.94 bits per heavy atom. The number of benzene rings is 2. The van der Waals surface area contributed by atoms with Gasteiger partial charge in [0.25, 0.3) is 0 Å². The molecule has 0 spiro atoms. The molecule has 3 heterocycles. The highest BCUT2D eigenvalue weighted by atomic mass is 32.2. The lowest BCUT2D eigenvalue weighted by atomic mass is 9.96. The van der Waals surface area contributed by atoms with Crippen LogP contribution in [0.2, 0.25) is 0 Å². The molecule has 164 valence electrons. The molecule has 0 saturated carbocycles. The molecule has 0 bridgehead atoms. The molecule has 2 aliphatic heterocycles. The highest BCUT2D eigenvalue weighted by Crippen LogP contribution is 2.30. The van der Waals surface area contributed by atoms with Gasteiger partial charge in [-0.2, -0.15) is 0 Å². The molecule has 2 amide bonds. The lowest BCUT2D eigenvalue weighted by molar-refractivity contribution is -0.137. The van der Waals surface area contributed by atoms with Crippen LogP contribution in [-0.2, 0) is 9.59 Å². The summed E-state index contributed by atoms with van der Waals surface area (Å²) in [4.78, 5) is 36.9. The van der Waals surface area contributed by atoms with Gasteiger partial charge in [-0.15, -0.1) is 11.8 Å². The van der Waals surface area contributed by atoms with E-state index in [1.165, 1.54) is 23.9 Å². The van der Waals surface area contributed by atoms with E-state index in [0.717, 1.165) is 35.4 Å². The van der Waals surface area contributed by atoms with Gasteiger partial charge in [0.05, 0.1) is 22.5 Å². The molecule has 1 aromatic heterocycles. The number of H-pyrrole nitrogens is 1. The second-order valence-corrected chi connectivity index (χ2v) is 8.96. The number of amides is 2. The number of imidazole rings is 1. The summed E-state index contributed by atoms with van der Waals surface area (Å²) in [5.74, 6) is 1.00. The first-order valence-corrected chi connectivity index (χ1v) is 11.7. The van der Waals surface area contributed by atoms with Crippen LogP contribution in [0.15, 0.2) is 53.9 Å². The Morgan fingerprint density at radius 1 is 1.16 bits per heavy atom. The number of halogens is 1. The van der Waals surface area contributed by atoms with Crippen LogP contribution in [0.5, 0.6) is 0 Å². The van der Waals surface area contributed by atoms with Crippen LogP contribution in [0.25, 0.3) is 16.7 Å². The fourth-order valence-electron chi connectivity index (χ4n) is 4.31. The van der Waals surface area contributed by atoms with E-state index in [9.17, 15) is 14.0 Å². The summed E-state index contributed by atoms with van der Waals surface area (Å²) in [6, 6.07) is 14.2. The van der Waals surface area contributed by atoms with Gasteiger partial charge in [0.15, 0.2) is 0 Å². The van der Waals surface area contributed by atoms with Crippen molar-refractivity contribution >= 4 is 40.3 Å². The van der Waals surface area contributed by atoms with Crippen molar-refractivity contribution in [2.75, 3.05) is 25.4 Å². The van der Waals surface area contributed by atoms with E-state index in [4.69, 9.17) is 0 Å². The molecule has 0 aliphatic carbocycles. The normalized spacial score (nSPS) is 17.7. The van der Waals surface area contributed by atoms with Crippen molar-refractivity contribution < 1.29 is 14.0 Å². The quantitative estimate of drug-likeness (QED) is 0.653. The van der Waals surface area contributed by atoms with Gasteiger partial charge in [-0.3, -0.25) is 9.59 Å². The number of aromatic amines is 1. The van der Waals surface area contributed by atoms with E-state index in [2.05, 4.69) is 9.97 Å². The van der Waals surface area contributed by atoms with Crippen molar-refractivity contribution in [3.8, 4) is 0 Å². The average Bonchev–Trinajstić information content (AvgIpc) is 3.24. The van der Waals surface area contributed by atoms with Gasteiger partial charge in [-0.1, -0.05) is 30.3 Å². The van der Waals surface area contributed by atoms with Crippen LogP contribution in [-0.4, -0.2) is 57.0 Å². The Balaban J connectivity index is 1.24. The number of thioether (sulfide) groups is 1. The summed E-state index contributed by atoms with van der Waals surface area (Å²) in [7, 11) is 0. The van der Waals surface area contributed by atoms with Crippen molar-refractivity contribution in [3.63, 3.8) is 0 Å². The Kier molecular flexibility index (Phi) is 5.70. The number of nitrogens with zero attached hydrogens (tertiary/aromatic N) is 3. The highest BCUT2D eigenvalue weighted by molar-refractivity contribution is 8.03. The molecule has 2 aromatic carbocycles. The Bertz CT molecular complexity index is 1190. The number of carbonyl (C=O) groups excluding carboxylic acids is 2. The average molecular weight is 451 g/mol. The summed E-state index contributed by atoms with van der Waals surface area (Å²) >= 11 is 1.46. The van der Waals surface area contributed by atoms with E-state index < -0.39 is 0 Å². The zero-order valence-electron chi connectivity index (χ0n) is 17.5. The van der Waals surface area contributed by atoms with Gasteiger partial charge in [0, 0.05) is 19.0 Å². The Hall–Kier alpha value is -3.13. The third-order valence-electron chi connectivity index (χ3n) is 6.05. The standard InChI is InChI=1S/C24H23FN4O2S/c25-18-6-7-19-20(12-18)27-24(26-19)17-8-10-28(11-9-17)22(30)13-29-21(14-32-15-23(29)31)16-4-2-1-3-5-16/h1-7,12,14,17H,8-11,13,15H2,(H,26,27). The largest absolute Gasteiger partial charge is 0.342 e. The second-order valence-electron chi connectivity index (χ2n) is 8.10. The van der Waals surface area contributed by atoms with Crippen molar-refractivity contribution in [1.82, 2.24) is 19.8 Å². The fourth-order valence-corrected chi connectivity index (χ4v) is 5.11. The predicted molar refractivity (Wildman–Crippen MR) is 123 cm³/mol. The monoisotopic (exact) mass is 450 g/mol. The van der Waals surface area contributed by atoms with Crippen molar-refractivity contribution in [1.29, 1.82) is 0 Å². The molecule has 8 heteroatoms. The van der Waals surface area contributed by atoms with Crippen LogP contribution in [0, 0.1) is 5.82 Å². The maximum Gasteiger partial charge on any atom is 0.242 e. The summed E-state index contributed by atoms with van der Waals surface area (Å²) < 4.78 is 13.5. The second kappa shape index (κ2) is 8.78. The van der Waals surface area contributed by atoms with Gasteiger partial charge in [-0.05, 0) is 42.0 Å². The van der Waals surface area contributed by atoms with Gasteiger partial charge < -0.3 is 14.8 Å². The number of fused-ring (bicyclic) bond motifs is 1. The molecule has 6 nitrogen and oxygen atoms in total. The van der Waals surface area contributed by atoms with Crippen molar-refractivity contribution in [3.05, 3.63) is 71.1 Å². The SMILES string of the molecule is O=C(CN1C(=O)CSC=C1c1ccccc1)N1CCC(c2nc3ccc(F)cc3[nH]2)CC1. The van der Waals surface area contributed by atoms with Crippen LogP contribution in [0.4, 0.5) is 4.39 Å². The van der Waals surface area contributed by atoms with E-state index in [0.29, 0.717) is 24.4 Å². The maximum atomic E-state index is 13.5. The Labute approximate surface area is 189 Å². The first-order valence-electron chi connectivity index (χ1n) is 10.7. The van der Waals surface area contributed by atoms with Crippen LogP contribution in [0.3, 0.4) is 0 Å². The minimum atomic E-state index is -0.289. The third-order valence-corrected chi connectivity index (χ3v) is 6.86. The van der Waals surface area contributed by atoms with Gasteiger partial charge in [0.2, 0.25) is 11.8 Å². The molecule has 1 fully saturated rings. The highest BCUT2D eigenvalue weighted by Gasteiger charge is 2.30. The summed E-state index contributed by atoms with van der Waals surface area (Å²) in [5, 5.41) is 1.96. The van der Waals surface area contributed by atoms with Gasteiger partial charge in [-0.25, -0.2) is 9.37 Å². The predicted octanol–water partition coefficient (Wildman–Crippen LogP) is 3.98. The lowest BCUT2D eigenvalue weighted by Gasteiger charge is -2.34. The molecule has 2 aliphatic rings. The third kappa shape index (κ3) is 4.14. The minimum Gasteiger partial charge on any atom is -0.342 e. The molecule has 3 aromatic rings. The first-order chi connectivity index (χ1) is 15.6. The number of nitrogens with one attached hydrogen (secondary N) is 1.